The van der Waals surface area contributed by atoms with Crippen molar-refractivity contribution in [1.29, 1.82) is 0 Å². The average molecular weight is 240 g/mol. The van der Waals surface area contributed by atoms with Gasteiger partial charge in [0.2, 0.25) is 0 Å². The third kappa shape index (κ3) is 4.03. The van der Waals surface area contributed by atoms with E-state index < -0.39 is 0 Å². The Morgan fingerprint density at radius 1 is 0.833 bits per heavy atom. The molecule has 0 radical (unpaired) electrons. The summed E-state index contributed by atoms with van der Waals surface area (Å²) in [6.45, 7) is 2.33. The van der Waals surface area contributed by atoms with Gasteiger partial charge in [0.05, 0.1) is 0 Å². The number of hydrogen-bond donors (Lipinski definition) is 0. The number of rotatable bonds is 0. The SMILES string of the molecule is C.CC1CCCc2ccccc21.c1ccccc1. The van der Waals surface area contributed by atoms with Gasteiger partial charge < -0.3 is 0 Å². The van der Waals surface area contributed by atoms with Gasteiger partial charge in [0.1, 0.15) is 0 Å². The third-order valence-corrected chi connectivity index (χ3v) is 3.34. The van der Waals surface area contributed by atoms with Crippen LogP contribution < -0.4 is 0 Å². The van der Waals surface area contributed by atoms with Crippen LogP contribution in [0.2, 0.25) is 0 Å². The van der Waals surface area contributed by atoms with Crippen molar-refractivity contribution in [1.82, 2.24) is 0 Å². The van der Waals surface area contributed by atoms with Gasteiger partial charge in [-0.15, -0.1) is 0 Å². The molecular weight excluding hydrogens is 216 g/mol. The van der Waals surface area contributed by atoms with Gasteiger partial charge in [-0.25, -0.2) is 0 Å². The molecule has 3 rings (SSSR count). The molecule has 0 bridgehead atoms. The Balaban J connectivity index is 0.000000199. The summed E-state index contributed by atoms with van der Waals surface area (Å²) in [5.74, 6) is 0.792. The van der Waals surface area contributed by atoms with Crippen LogP contribution >= 0.6 is 0 Å². The van der Waals surface area contributed by atoms with Crippen LogP contribution in [0.25, 0.3) is 0 Å². The standard InChI is InChI=1S/C11H14.C6H6.CH4/c1-9-5-4-7-10-6-2-3-8-11(9)10;1-2-4-6-5-3-1;/h2-3,6,8-9H,4-5,7H2,1H3;1-6H;1H4. The summed E-state index contributed by atoms with van der Waals surface area (Å²) in [7, 11) is 0. The van der Waals surface area contributed by atoms with Crippen LogP contribution in [0, 0.1) is 0 Å². The Morgan fingerprint density at radius 3 is 1.94 bits per heavy atom. The zero-order valence-electron chi connectivity index (χ0n) is 10.5. The van der Waals surface area contributed by atoms with E-state index in [9.17, 15) is 0 Å². The summed E-state index contributed by atoms with van der Waals surface area (Å²) in [6.07, 6.45) is 4.04. The van der Waals surface area contributed by atoms with Crippen molar-refractivity contribution >= 4 is 0 Å². The van der Waals surface area contributed by atoms with E-state index in [0.717, 1.165) is 5.92 Å². The number of aryl methyl sites for hydroxylation is 1. The maximum Gasteiger partial charge on any atom is -0.0188 e. The van der Waals surface area contributed by atoms with Gasteiger partial charge in [0, 0.05) is 0 Å². The second kappa shape index (κ2) is 7.71. The molecule has 0 heterocycles. The second-order valence-electron chi connectivity index (χ2n) is 4.65. The summed E-state index contributed by atoms with van der Waals surface area (Å²) in [6, 6.07) is 20.8. The molecule has 1 atom stereocenters. The predicted octanol–water partition coefficient (Wildman–Crippen LogP) is 5.45. The summed E-state index contributed by atoms with van der Waals surface area (Å²) < 4.78 is 0. The van der Waals surface area contributed by atoms with Gasteiger partial charge >= 0.3 is 0 Å². The molecule has 0 fully saturated rings. The molecule has 96 valence electrons. The van der Waals surface area contributed by atoms with Gasteiger partial charge in [0.15, 0.2) is 0 Å². The highest BCUT2D eigenvalue weighted by molar-refractivity contribution is 5.31. The van der Waals surface area contributed by atoms with Gasteiger partial charge in [-0.3, -0.25) is 0 Å². The van der Waals surface area contributed by atoms with Gasteiger partial charge in [-0.2, -0.15) is 0 Å². The lowest BCUT2D eigenvalue weighted by molar-refractivity contribution is 0.590. The minimum absolute atomic E-state index is 0. The maximum atomic E-state index is 2.33. The monoisotopic (exact) mass is 240 g/mol. The highest BCUT2D eigenvalue weighted by atomic mass is 14.2. The molecule has 0 amide bonds. The lowest BCUT2D eigenvalue weighted by atomic mass is 9.84. The van der Waals surface area contributed by atoms with Gasteiger partial charge in [0.25, 0.3) is 0 Å². The van der Waals surface area contributed by atoms with Crippen molar-refractivity contribution in [2.24, 2.45) is 0 Å². The summed E-state index contributed by atoms with van der Waals surface area (Å²) in [5, 5.41) is 0. The molecule has 1 unspecified atom stereocenters. The van der Waals surface area contributed by atoms with Crippen molar-refractivity contribution in [3.8, 4) is 0 Å². The smallest absolute Gasteiger partial charge is 0.0188 e. The first kappa shape index (κ1) is 14.5. The summed E-state index contributed by atoms with van der Waals surface area (Å²) >= 11 is 0. The molecule has 1 aliphatic carbocycles. The van der Waals surface area contributed by atoms with Crippen LogP contribution in [-0.4, -0.2) is 0 Å². The zero-order valence-corrected chi connectivity index (χ0v) is 10.5. The Kier molecular flexibility index (Phi) is 6.21. The predicted molar refractivity (Wildman–Crippen MR) is 81.0 cm³/mol. The summed E-state index contributed by atoms with van der Waals surface area (Å²) in [4.78, 5) is 0. The van der Waals surface area contributed by atoms with Crippen molar-refractivity contribution in [2.45, 2.75) is 39.5 Å². The fourth-order valence-corrected chi connectivity index (χ4v) is 2.38. The first-order valence-corrected chi connectivity index (χ1v) is 6.46. The Labute approximate surface area is 112 Å². The maximum absolute atomic E-state index is 2.33. The minimum Gasteiger partial charge on any atom is -0.0776 e. The molecule has 0 saturated carbocycles. The molecule has 0 heteroatoms. The molecular formula is C18H24. The molecule has 1 aliphatic rings. The van der Waals surface area contributed by atoms with Crippen LogP contribution in [0.3, 0.4) is 0 Å². The molecule has 2 aromatic rings. The van der Waals surface area contributed by atoms with E-state index >= 15 is 0 Å². The highest BCUT2D eigenvalue weighted by Crippen LogP contribution is 2.30. The molecule has 0 aromatic heterocycles. The van der Waals surface area contributed by atoms with E-state index in [0.29, 0.717) is 0 Å². The van der Waals surface area contributed by atoms with Crippen LogP contribution in [0.15, 0.2) is 60.7 Å². The normalized spacial score (nSPS) is 16.6. The first-order valence-electron chi connectivity index (χ1n) is 6.46. The van der Waals surface area contributed by atoms with Crippen molar-refractivity contribution in [3.05, 3.63) is 71.8 Å². The molecule has 0 nitrogen and oxygen atoms in total. The number of fused-ring (bicyclic) bond motifs is 1. The number of benzene rings is 2. The second-order valence-corrected chi connectivity index (χ2v) is 4.65. The van der Waals surface area contributed by atoms with Crippen molar-refractivity contribution in [3.63, 3.8) is 0 Å². The van der Waals surface area contributed by atoms with Crippen LogP contribution in [0.1, 0.15) is 44.2 Å². The highest BCUT2D eigenvalue weighted by Gasteiger charge is 2.14. The molecule has 18 heavy (non-hydrogen) atoms. The van der Waals surface area contributed by atoms with E-state index in [2.05, 4.69) is 31.2 Å². The topological polar surface area (TPSA) is 0 Å². The molecule has 0 aliphatic heterocycles. The van der Waals surface area contributed by atoms with E-state index in [-0.39, 0.29) is 7.43 Å². The van der Waals surface area contributed by atoms with E-state index in [1.165, 1.54) is 19.3 Å². The third-order valence-electron chi connectivity index (χ3n) is 3.34. The molecule has 0 spiro atoms. The minimum atomic E-state index is 0. The first-order chi connectivity index (χ1) is 8.38. The van der Waals surface area contributed by atoms with Crippen molar-refractivity contribution < 1.29 is 0 Å². The largest absolute Gasteiger partial charge is 0.0776 e. The van der Waals surface area contributed by atoms with Crippen molar-refractivity contribution in [2.75, 3.05) is 0 Å². The Hall–Kier alpha value is -1.56. The molecule has 0 saturated heterocycles. The lowest BCUT2D eigenvalue weighted by Crippen LogP contribution is -2.05. The Bertz CT molecular complexity index is 404. The fraction of sp³-hybridized carbons (Fsp3) is 0.333. The quantitative estimate of drug-likeness (QED) is 0.574. The molecule has 2 aromatic carbocycles. The van der Waals surface area contributed by atoms with E-state index in [1.807, 2.05) is 36.4 Å². The van der Waals surface area contributed by atoms with Crippen LogP contribution in [0.5, 0.6) is 0 Å². The average Bonchev–Trinajstić information content (AvgIpc) is 2.42. The molecule has 0 N–H and O–H groups in total. The fourth-order valence-electron chi connectivity index (χ4n) is 2.38. The van der Waals surface area contributed by atoms with Gasteiger partial charge in [-0.05, 0) is 36.3 Å². The zero-order chi connectivity index (χ0) is 11.9. The van der Waals surface area contributed by atoms with E-state index in [4.69, 9.17) is 0 Å². The summed E-state index contributed by atoms with van der Waals surface area (Å²) in [5.41, 5.74) is 3.16. The van der Waals surface area contributed by atoms with Gasteiger partial charge in [-0.1, -0.05) is 75.0 Å². The number of hydrogen-bond acceptors (Lipinski definition) is 0. The Morgan fingerprint density at radius 2 is 1.39 bits per heavy atom. The lowest BCUT2D eigenvalue weighted by Gasteiger charge is -2.21. The van der Waals surface area contributed by atoms with Crippen LogP contribution in [-0.2, 0) is 6.42 Å². The van der Waals surface area contributed by atoms with E-state index in [1.54, 1.807) is 11.1 Å². The van der Waals surface area contributed by atoms with Crippen LogP contribution in [0.4, 0.5) is 0 Å².